The Hall–Kier alpha value is -0.440. The summed E-state index contributed by atoms with van der Waals surface area (Å²) in [6.45, 7) is 0. The molecular weight excluding hydrogens is 232 g/mol. The highest BCUT2D eigenvalue weighted by atomic mass is 35.5. The average molecular weight is 241 g/mol. The zero-order chi connectivity index (χ0) is 9.14. The van der Waals surface area contributed by atoms with Crippen LogP contribution in [0, 0.1) is 0 Å². The maximum atomic E-state index is 10.6. The number of halogens is 3. The minimum Gasteiger partial charge on any atom is -0.369 e. The summed E-state index contributed by atoms with van der Waals surface area (Å²) in [5.74, 6) is -0.440. The third-order valence-electron chi connectivity index (χ3n) is 1.41. The average Bonchev–Trinajstić information content (AvgIpc) is 1.97. The van der Waals surface area contributed by atoms with Crippen LogP contribution in [0.25, 0.3) is 0 Å². The maximum Gasteiger partial charge on any atom is 0.221 e. The van der Waals surface area contributed by atoms with E-state index in [1.165, 1.54) is 0 Å². The first-order valence-corrected chi connectivity index (χ1v) is 4.08. The zero-order valence-corrected chi connectivity index (χ0v) is 8.92. The minimum atomic E-state index is -0.440. The molecule has 0 unspecified atom stereocenters. The minimum absolute atomic E-state index is 0. The van der Waals surface area contributed by atoms with Crippen LogP contribution < -0.4 is 5.73 Å². The summed E-state index contributed by atoms with van der Waals surface area (Å²) in [7, 11) is 0. The Kier molecular flexibility index (Phi) is 5.14. The van der Waals surface area contributed by atoms with Gasteiger partial charge in [-0.25, -0.2) is 0 Å². The second-order valence-corrected chi connectivity index (χ2v) is 3.16. The van der Waals surface area contributed by atoms with Crippen LogP contribution in [-0.4, -0.2) is 5.91 Å². The molecule has 0 atom stereocenters. The molecule has 13 heavy (non-hydrogen) atoms. The van der Waals surface area contributed by atoms with E-state index in [2.05, 4.69) is 0 Å². The molecule has 0 saturated carbocycles. The first kappa shape index (κ1) is 12.6. The molecule has 0 fully saturated rings. The Labute approximate surface area is 92.4 Å². The van der Waals surface area contributed by atoms with Crippen molar-refractivity contribution in [2.45, 2.75) is 6.42 Å². The highest BCUT2D eigenvalue weighted by Gasteiger charge is 2.07. The van der Waals surface area contributed by atoms with Crippen LogP contribution >= 0.6 is 35.6 Å². The first-order chi connectivity index (χ1) is 5.61. The van der Waals surface area contributed by atoms with Crippen LogP contribution in [0.5, 0.6) is 0 Å². The van der Waals surface area contributed by atoms with Crippen LogP contribution in [0.1, 0.15) is 5.56 Å². The van der Waals surface area contributed by atoms with E-state index in [0.717, 1.165) is 0 Å². The van der Waals surface area contributed by atoms with Gasteiger partial charge in [-0.1, -0.05) is 29.3 Å². The van der Waals surface area contributed by atoms with Crippen molar-refractivity contribution in [3.8, 4) is 0 Å². The third-order valence-corrected chi connectivity index (χ3v) is 2.12. The van der Waals surface area contributed by atoms with Crippen LogP contribution in [0.2, 0.25) is 10.0 Å². The fraction of sp³-hybridized carbons (Fsp3) is 0.125. The van der Waals surface area contributed by atoms with E-state index in [0.29, 0.717) is 15.6 Å². The second kappa shape index (κ2) is 5.32. The van der Waals surface area contributed by atoms with Gasteiger partial charge in [-0.05, 0) is 17.7 Å². The molecule has 0 spiro atoms. The maximum absolute atomic E-state index is 10.6. The molecule has 0 radical (unpaired) electrons. The van der Waals surface area contributed by atoms with Crippen molar-refractivity contribution >= 4 is 41.5 Å². The highest BCUT2D eigenvalue weighted by Crippen LogP contribution is 2.24. The molecule has 0 saturated heterocycles. The van der Waals surface area contributed by atoms with Crippen LogP contribution in [0.4, 0.5) is 0 Å². The van der Waals surface area contributed by atoms with E-state index < -0.39 is 5.91 Å². The molecule has 0 heterocycles. The number of benzene rings is 1. The molecule has 1 rings (SSSR count). The lowest BCUT2D eigenvalue weighted by molar-refractivity contribution is -0.117. The zero-order valence-electron chi connectivity index (χ0n) is 6.59. The number of nitrogens with two attached hydrogens (primary N) is 1. The lowest BCUT2D eigenvalue weighted by Gasteiger charge is -2.02. The van der Waals surface area contributed by atoms with Gasteiger partial charge in [0.2, 0.25) is 5.91 Å². The monoisotopic (exact) mass is 239 g/mol. The van der Waals surface area contributed by atoms with Crippen molar-refractivity contribution in [2.24, 2.45) is 5.73 Å². The van der Waals surface area contributed by atoms with E-state index >= 15 is 0 Å². The van der Waals surface area contributed by atoms with E-state index in [4.69, 9.17) is 28.9 Å². The van der Waals surface area contributed by atoms with E-state index in [1.54, 1.807) is 18.2 Å². The summed E-state index contributed by atoms with van der Waals surface area (Å²) in [6, 6.07) is 5.06. The molecule has 1 amide bonds. The Bertz CT molecular complexity index is 294. The largest absolute Gasteiger partial charge is 0.369 e. The number of hydrogen-bond donors (Lipinski definition) is 1. The Morgan fingerprint density at radius 2 is 1.77 bits per heavy atom. The van der Waals surface area contributed by atoms with E-state index in [1.807, 2.05) is 0 Å². The predicted octanol–water partition coefficient (Wildman–Crippen LogP) is 2.44. The summed E-state index contributed by atoms with van der Waals surface area (Å²) < 4.78 is 0. The van der Waals surface area contributed by atoms with Gasteiger partial charge in [0.15, 0.2) is 0 Å². The lowest BCUT2D eigenvalue weighted by Crippen LogP contribution is -2.14. The molecule has 0 aliphatic carbocycles. The molecule has 1 aromatic carbocycles. The number of hydrogen-bond acceptors (Lipinski definition) is 1. The number of carbonyl (C=O) groups is 1. The molecule has 0 aliphatic heterocycles. The Morgan fingerprint density at radius 3 is 2.15 bits per heavy atom. The van der Waals surface area contributed by atoms with Gasteiger partial charge < -0.3 is 5.73 Å². The van der Waals surface area contributed by atoms with Crippen molar-refractivity contribution in [3.05, 3.63) is 33.8 Å². The van der Waals surface area contributed by atoms with Gasteiger partial charge >= 0.3 is 0 Å². The van der Waals surface area contributed by atoms with Crippen LogP contribution in [-0.2, 0) is 11.2 Å². The number of amides is 1. The second-order valence-electron chi connectivity index (χ2n) is 2.34. The Balaban J connectivity index is 0.00000144. The highest BCUT2D eigenvalue weighted by molar-refractivity contribution is 6.36. The van der Waals surface area contributed by atoms with Gasteiger partial charge in [0.1, 0.15) is 0 Å². The molecule has 1 aromatic rings. The van der Waals surface area contributed by atoms with Crippen molar-refractivity contribution in [1.82, 2.24) is 0 Å². The van der Waals surface area contributed by atoms with Crippen LogP contribution in [0.3, 0.4) is 0 Å². The fourth-order valence-electron chi connectivity index (χ4n) is 0.875. The molecular formula is C8H8Cl3NO. The molecule has 0 aromatic heterocycles. The standard InChI is InChI=1S/C8H7Cl2NO.ClH/c9-6-2-1-3-7(10)5(6)4-8(11)12;/h1-3H,4H2,(H2,11,12);1H. The summed E-state index contributed by atoms with van der Waals surface area (Å²) in [6.07, 6.45) is 0.0819. The number of primary amides is 1. The van der Waals surface area contributed by atoms with Crippen molar-refractivity contribution < 1.29 is 4.79 Å². The molecule has 0 bridgehead atoms. The fourth-order valence-corrected chi connectivity index (χ4v) is 1.41. The quantitative estimate of drug-likeness (QED) is 0.848. The van der Waals surface area contributed by atoms with Gasteiger partial charge in [-0.2, -0.15) is 0 Å². The topological polar surface area (TPSA) is 43.1 Å². The van der Waals surface area contributed by atoms with Gasteiger partial charge in [-0.15, -0.1) is 12.4 Å². The summed E-state index contributed by atoms with van der Waals surface area (Å²) in [4.78, 5) is 10.6. The third kappa shape index (κ3) is 3.43. The molecule has 2 nitrogen and oxygen atoms in total. The molecule has 5 heteroatoms. The molecule has 72 valence electrons. The molecule has 2 N–H and O–H groups in total. The summed E-state index contributed by atoms with van der Waals surface area (Å²) in [5, 5.41) is 0.947. The van der Waals surface area contributed by atoms with E-state index in [-0.39, 0.29) is 18.8 Å². The Morgan fingerprint density at radius 1 is 1.31 bits per heavy atom. The lowest BCUT2D eigenvalue weighted by atomic mass is 10.1. The predicted molar refractivity (Wildman–Crippen MR) is 56.6 cm³/mol. The van der Waals surface area contributed by atoms with E-state index in [9.17, 15) is 4.79 Å². The SMILES string of the molecule is Cl.NC(=O)Cc1c(Cl)cccc1Cl. The smallest absolute Gasteiger partial charge is 0.221 e. The van der Waals surface area contributed by atoms with Crippen molar-refractivity contribution in [1.29, 1.82) is 0 Å². The molecule has 0 aliphatic rings. The summed E-state index contributed by atoms with van der Waals surface area (Å²) in [5.41, 5.74) is 5.60. The summed E-state index contributed by atoms with van der Waals surface area (Å²) >= 11 is 11.6. The number of carbonyl (C=O) groups excluding carboxylic acids is 1. The van der Waals surface area contributed by atoms with Gasteiger partial charge in [0.25, 0.3) is 0 Å². The van der Waals surface area contributed by atoms with Gasteiger partial charge in [0, 0.05) is 10.0 Å². The first-order valence-electron chi connectivity index (χ1n) is 3.32. The number of rotatable bonds is 2. The van der Waals surface area contributed by atoms with Gasteiger partial charge in [-0.3, -0.25) is 4.79 Å². The van der Waals surface area contributed by atoms with Gasteiger partial charge in [0.05, 0.1) is 6.42 Å². The van der Waals surface area contributed by atoms with Crippen LogP contribution in [0.15, 0.2) is 18.2 Å². The van der Waals surface area contributed by atoms with Crippen molar-refractivity contribution in [2.75, 3.05) is 0 Å². The normalized spacial score (nSPS) is 9.08. The van der Waals surface area contributed by atoms with Crippen molar-refractivity contribution in [3.63, 3.8) is 0 Å².